The smallest absolute Gasteiger partial charge is 0.252 e. The molecule has 0 saturated heterocycles. The average molecular weight is 459 g/mol. The molecule has 2 aromatic carbocycles. The standard InChI is InChI=1S/C27H27ClN4O/c1-17-22(28)11-6-12-24(17)32-26-25(18(2)31-32)21(16-23(30-26)20-13-14-20)27(33)29-15-7-10-19-8-4-3-5-9-19/h3-6,8-9,11-12,16,20H,7,10,13-15H2,1-2H3,(H,29,33). The molecule has 5 nitrogen and oxygen atoms in total. The molecule has 1 fully saturated rings. The lowest BCUT2D eigenvalue weighted by atomic mass is 10.1. The zero-order valence-corrected chi connectivity index (χ0v) is 19.7. The van der Waals surface area contributed by atoms with Gasteiger partial charge in [0, 0.05) is 23.2 Å². The minimum Gasteiger partial charge on any atom is -0.352 e. The molecule has 1 amide bonds. The van der Waals surface area contributed by atoms with Crippen LogP contribution >= 0.6 is 11.6 Å². The highest BCUT2D eigenvalue weighted by Gasteiger charge is 2.29. The summed E-state index contributed by atoms with van der Waals surface area (Å²) in [7, 11) is 0. The molecular formula is C27H27ClN4O. The second-order valence-corrected chi connectivity index (χ2v) is 9.20. The highest BCUT2D eigenvalue weighted by atomic mass is 35.5. The predicted octanol–water partition coefficient (Wildman–Crippen LogP) is 5.93. The molecular weight excluding hydrogens is 432 g/mol. The zero-order chi connectivity index (χ0) is 22.9. The van der Waals surface area contributed by atoms with Crippen molar-refractivity contribution in [1.29, 1.82) is 0 Å². The Morgan fingerprint density at radius 3 is 2.67 bits per heavy atom. The molecule has 0 atom stereocenters. The molecule has 1 N–H and O–H groups in total. The summed E-state index contributed by atoms with van der Waals surface area (Å²) >= 11 is 6.38. The van der Waals surface area contributed by atoms with Crippen molar-refractivity contribution in [3.8, 4) is 5.69 Å². The molecule has 5 rings (SSSR count). The summed E-state index contributed by atoms with van der Waals surface area (Å²) in [6.07, 6.45) is 4.05. The number of hydrogen-bond donors (Lipinski definition) is 1. The summed E-state index contributed by atoms with van der Waals surface area (Å²) in [5, 5.41) is 9.39. The van der Waals surface area contributed by atoms with Gasteiger partial charge in [-0.2, -0.15) is 5.10 Å². The van der Waals surface area contributed by atoms with Crippen LogP contribution in [-0.4, -0.2) is 27.2 Å². The minimum absolute atomic E-state index is 0.0668. The maximum Gasteiger partial charge on any atom is 0.252 e. The van der Waals surface area contributed by atoms with Crippen LogP contribution in [0.3, 0.4) is 0 Å². The van der Waals surface area contributed by atoms with E-state index in [0.29, 0.717) is 23.0 Å². The van der Waals surface area contributed by atoms with E-state index < -0.39 is 0 Å². The number of halogens is 1. The number of carbonyl (C=O) groups excluding carboxylic acids is 1. The van der Waals surface area contributed by atoms with E-state index >= 15 is 0 Å². The third kappa shape index (κ3) is 4.38. The van der Waals surface area contributed by atoms with Crippen LogP contribution in [0.15, 0.2) is 54.6 Å². The van der Waals surface area contributed by atoms with E-state index in [1.165, 1.54) is 5.56 Å². The first-order chi connectivity index (χ1) is 16.0. The number of pyridine rings is 1. The van der Waals surface area contributed by atoms with Crippen molar-refractivity contribution in [2.75, 3.05) is 6.54 Å². The molecule has 0 bridgehead atoms. The van der Waals surface area contributed by atoms with Crippen LogP contribution in [0.1, 0.15) is 58.1 Å². The molecule has 33 heavy (non-hydrogen) atoms. The Balaban J connectivity index is 1.47. The van der Waals surface area contributed by atoms with Crippen LogP contribution in [0.5, 0.6) is 0 Å². The SMILES string of the molecule is Cc1c(Cl)cccc1-n1nc(C)c2c(C(=O)NCCCc3ccccc3)cc(C3CC3)nc21. The first-order valence-corrected chi connectivity index (χ1v) is 11.9. The Hall–Kier alpha value is -3.18. The lowest BCUT2D eigenvalue weighted by molar-refractivity contribution is 0.0954. The van der Waals surface area contributed by atoms with Gasteiger partial charge in [0.2, 0.25) is 0 Å². The lowest BCUT2D eigenvalue weighted by Crippen LogP contribution is -2.25. The third-order valence-electron chi connectivity index (χ3n) is 6.31. The van der Waals surface area contributed by atoms with Gasteiger partial charge >= 0.3 is 0 Å². The number of aryl methyl sites for hydroxylation is 2. The number of rotatable bonds is 7. The van der Waals surface area contributed by atoms with Crippen molar-refractivity contribution >= 4 is 28.5 Å². The second-order valence-electron chi connectivity index (χ2n) is 8.79. The van der Waals surface area contributed by atoms with E-state index in [0.717, 1.165) is 59.4 Å². The van der Waals surface area contributed by atoms with Gasteiger partial charge in [0.05, 0.1) is 22.3 Å². The van der Waals surface area contributed by atoms with E-state index in [9.17, 15) is 4.79 Å². The largest absolute Gasteiger partial charge is 0.352 e. The molecule has 0 radical (unpaired) electrons. The van der Waals surface area contributed by atoms with Gasteiger partial charge in [-0.25, -0.2) is 9.67 Å². The molecule has 4 aromatic rings. The van der Waals surface area contributed by atoms with Gasteiger partial charge < -0.3 is 5.32 Å². The summed E-state index contributed by atoms with van der Waals surface area (Å²) in [6, 6.07) is 18.1. The minimum atomic E-state index is -0.0668. The van der Waals surface area contributed by atoms with Crippen LogP contribution in [0.2, 0.25) is 5.02 Å². The topological polar surface area (TPSA) is 59.8 Å². The van der Waals surface area contributed by atoms with Crippen molar-refractivity contribution in [2.45, 2.75) is 45.4 Å². The number of carbonyl (C=O) groups is 1. The predicted molar refractivity (Wildman–Crippen MR) is 132 cm³/mol. The van der Waals surface area contributed by atoms with Crippen LogP contribution in [0.25, 0.3) is 16.7 Å². The Bertz CT molecular complexity index is 1330. The van der Waals surface area contributed by atoms with Crippen molar-refractivity contribution in [2.24, 2.45) is 0 Å². The molecule has 1 aliphatic carbocycles. The van der Waals surface area contributed by atoms with Crippen LogP contribution in [-0.2, 0) is 6.42 Å². The number of fused-ring (bicyclic) bond motifs is 1. The number of nitrogens with one attached hydrogen (secondary N) is 1. The summed E-state index contributed by atoms with van der Waals surface area (Å²) < 4.78 is 1.84. The molecule has 0 unspecified atom stereocenters. The number of aromatic nitrogens is 3. The fourth-order valence-electron chi connectivity index (χ4n) is 4.30. The molecule has 0 spiro atoms. The Morgan fingerprint density at radius 1 is 1.12 bits per heavy atom. The van der Waals surface area contributed by atoms with Gasteiger partial charge in [0.25, 0.3) is 5.91 Å². The zero-order valence-electron chi connectivity index (χ0n) is 18.9. The first kappa shape index (κ1) is 21.7. The van der Waals surface area contributed by atoms with Gasteiger partial charge in [-0.1, -0.05) is 48.0 Å². The van der Waals surface area contributed by atoms with Gasteiger partial charge in [0.1, 0.15) is 0 Å². The van der Waals surface area contributed by atoms with Crippen LogP contribution in [0.4, 0.5) is 0 Å². The fraction of sp³-hybridized carbons (Fsp3) is 0.296. The van der Waals surface area contributed by atoms with E-state index in [4.69, 9.17) is 21.7 Å². The maximum atomic E-state index is 13.3. The van der Waals surface area contributed by atoms with Crippen molar-refractivity contribution in [3.05, 3.63) is 87.7 Å². The van der Waals surface area contributed by atoms with E-state index in [1.807, 2.05) is 61.0 Å². The number of amides is 1. The normalized spacial score (nSPS) is 13.4. The number of nitrogens with zero attached hydrogens (tertiary/aromatic N) is 3. The summed E-state index contributed by atoms with van der Waals surface area (Å²) in [6.45, 7) is 4.53. The Morgan fingerprint density at radius 2 is 1.91 bits per heavy atom. The van der Waals surface area contributed by atoms with E-state index in [1.54, 1.807) is 0 Å². The van der Waals surface area contributed by atoms with Gasteiger partial charge in [-0.05, 0) is 68.9 Å². The first-order valence-electron chi connectivity index (χ1n) is 11.5. The maximum absolute atomic E-state index is 13.3. The highest BCUT2D eigenvalue weighted by molar-refractivity contribution is 6.31. The van der Waals surface area contributed by atoms with Crippen molar-refractivity contribution in [1.82, 2.24) is 20.1 Å². The number of benzene rings is 2. The Kier molecular flexibility index (Phi) is 5.90. The van der Waals surface area contributed by atoms with Crippen LogP contribution in [0, 0.1) is 13.8 Å². The van der Waals surface area contributed by atoms with Gasteiger partial charge in [-0.15, -0.1) is 0 Å². The third-order valence-corrected chi connectivity index (χ3v) is 6.72. The quantitative estimate of drug-likeness (QED) is 0.349. The molecule has 1 aliphatic rings. The molecule has 6 heteroatoms. The van der Waals surface area contributed by atoms with E-state index in [-0.39, 0.29) is 5.91 Å². The average Bonchev–Trinajstić information content (AvgIpc) is 3.62. The fourth-order valence-corrected chi connectivity index (χ4v) is 4.47. The highest BCUT2D eigenvalue weighted by Crippen LogP contribution is 2.41. The van der Waals surface area contributed by atoms with Gasteiger partial charge in [-0.3, -0.25) is 4.79 Å². The number of hydrogen-bond acceptors (Lipinski definition) is 3. The summed E-state index contributed by atoms with van der Waals surface area (Å²) in [5.41, 5.74) is 6.24. The molecule has 2 aromatic heterocycles. The van der Waals surface area contributed by atoms with Crippen LogP contribution < -0.4 is 5.32 Å². The molecule has 1 saturated carbocycles. The Labute approximate surface area is 198 Å². The molecule has 2 heterocycles. The monoisotopic (exact) mass is 458 g/mol. The molecule has 0 aliphatic heterocycles. The second kappa shape index (κ2) is 8.99. The van der Waals surface area contributed by atoms with E-state index in [2.05, 4.69) is 17.4 Å². The summed E-state index contributed by atoms with van der Waals surface area (Å²) in [4.78, 5) is 18.2. The molecule has 168 valence electrons. The van der Waals surface area contributed by atoms with Crippen molar-refractivity contribution < 1.29 is 4.79 Å². The van der Waals surface area contributed by atoms with Crippen molar-refractivity contribution in [3.63, 3.8) is 0 Å². The van der Waals surface area contributed by atoms with Gasteiger partial charge in [0.15, 0.2) is 5.65 Å². The summed E-state index contributed by atoms with van der Waals surface area (Å²) in [5.74, 6) is 0.353. The lowest BCUT2D eigenvalue weighted by Gasteiger charge is -2.11.